The van der Waals surface area contributed by atoms with Crippen molar-refractivity contribution in [1.29, 1.82) is 0 Å². The van der Waals surface area contributed by atoms with Gasteiger partial charge in [0.15, 0.2) is 0 Å². The third-order valence-corrected chi connectivity index (χ3v) is 2.69. The molecule has 0 spiro atoms. The molecule has 0 aliphatic carbocycles. The van der Waals surface area contributed by atoms with Crippen LogP contribution in [0, 0.1) is 10.1 Å². The number of nitrogens with zero attached hydrogens (tertiary/aromatic N) is 4. The lowest BCUT2D eigenvalue weighted by Crippen LogP contribution is -2.20. The summed E-state index contributed by atoms with van der Waals surface area (Å²) in [6, 6.07) is 1.80. The first kappa shape index (κ1) is 13.8. The van der Waals surface area contributed by atoms with Gasteiger partial charge in [0.1, 0.15) is 6.33 Å². The summed E-state index contributed by atoms with van der Waals surface area (Å²) >= 11 is 0. The maximum absolute atomic E-state index is 11.3. The maximum Gasteiger partial charge on any atom is 0.353 e. The lowest BCUT2D eigenvalue weighted by Gasteiger charge is -2.17. The van der Waals surface area contributed by atoms with Gasteiger partial charge in [-0.15, -0.1) is 0 Å². The molecule has 0 saturated heterocycles. The highest BCUT2D eigenvalue weighted by atomic mass is 16.6. The fourth-order valence-electron chi connectivity index (χ4n) is 1.85. The predicted octanol–water partition coefficient (Wildman–Crippen LogP) is 2.05. The van der Waals surface area contributed by atoms with Gasteiger partial charge < -0.3 is 14.6 Å². The number of rotatable bonds is 6. The fourth-order valence-corrected chi connectivity index (χ4v) is 1.85. The summed E-state index contributed by atoms with van der Waals surface area (Å²) in [4.78, 5) is 20.4. The van der Waals surface area contributed by atoms with Gasteiger partial charge in [0, 0.05) is 25.7 Å². The molecule has 2 aromatic rings. The van der Waals surface area contributed by atoms with Crippen molar-refractivity contribution in [2.24, 2.45) is 0 Å². The number of anilines is 2. The lowest BCUT2D eigenvalue weighted by molar-refractivity contribution is -0.383. The first-order chi connectivity index (χ1) is 9.63. The zero-order valence-electron chi connectivity index (χ0n) is 11.2. The number of nitrogens with one attached hydrogen (secondary N) is 1. The van der Waals surface area contributed by atoms with Crippen molar-refractivity contribution in [3.05, 3.63) is 40.6 Å². The molecule has 0 radical (unpaired) electrons. The number of aromatic nitrogens is 2. The van der Waals surface area contributed by atoms with E-state index in [-0.39, 0.29) is 17.3 Å². The minimum absolute atomic E-state index is 0.125. The van der Waals surface area contributed by atoms with E-state index >= 15 is 0 Å². The lowest BCUT2D eigenvalue weighted by atomic mass is 10.3. The minimum Gasteiger partial charge on any atom is -0.472 e. The van der Waals surface area contributed by atoms with Gasteiger partial charge in [-0.3, -0.25) is 10.1 Å². The highest BCUT2D eigenvalue weighted by Gasteiger charge is 2.25. The van der Waals surface area contributed by atoms with Crippen molar-refractivity contribution in [3.63, 3.8) is 0 Å². The minimum atomic E-state index is -0.473. The smallest absolute Gasteiger partial charge is 0.353 e. The van der Waals surface area contributed by atoms with Crippen LogP contribution in [0.3, 0.4) is 0 Å². The number of hydrogen-bond donors (Lipinski definition) is 1. The molecule has 0 atom stereocenters. The quantitative estimate of drug-likeness (QED) is 0.637. The van der Waals surface area contributed by atoms with E-state index in [2.05, 4.69) is 15.3 Å². The Kier molecular flexibility index (Phi) is 4.14. The molecule has 20 heavy (non-hydrogen) atoms. The molecule has 2 aromatic heterocycles. The van der Waals surface area contributed by atoms with Crippen molar-refractivity contribution < 1.29 is 9.34 Å². The van der Waals surface area contributed by atoms with Gasteiger partial charge in [-0.05, 0) is 13.0 Å². The van der Waals surface area contributed by atoms with Crippen molar-refractivity contribution in [2.45, 2.75) is 13.5 Å². The van der Waals surface area contributed by atoms with Crippen LogP contribution >= 0.6 is 0 Å². The van der Waals surface area contributed by atoms with Crippen molar-refractivity contribution >= 4 is 17.3 Å². The molecule has 8 heteroatoms. The predicted molar refractivity (Wildman–Crippen MR) is 73.7 cm³/mol. The summed E-state index contributed by atoms with van der Waals surface area (Å²) < 4.78 is 4.99. The zero-order chi connectivity index (χ0) is 14.5. The average molecular weight is 277 g/mol. The number of furan rings is 1. The van der Waals surface area contributed by atoms with E-state index < -0.39 is 4.92 Å². The largest absolute Gasteiger partial charge is 0.472 e. The van der Waals surface area contributed by atoms with Gasteiger partial charge in [0.25, 0.3) is 0 Å². The Bertz CT molecular complexity index is 585. The van der Waals surface area contributed by atoms with E-state index in [0.717, 1.165) is 5.56 Å². The highest BCUT2D eigenvalue weighted by molar-refractivity contribution is 5.70. The van der Waals surface area contributed by atoms with E-state index in [1.807, 2.05) is 6.92 Å². The Balaban J connectivity index is 2.34. The van der Waals surface area contributed by atoms with Gasteiger partial charge in [0.2, 0.25) is 11.6 Å². The third kappa shape index (κ3) is 2.85. The summed E-state index contributed by atoms with van der Waals surface area (Å²) in [6.45, 7) is 2.85. The summed E-state index contributed by atoms with van der Waals surface area (Å²) in [7, 11) is 1.73. The Hall–Kier alpha value is -2.64. The molecular weight excluding hydrogens is 262 g/mol. The second-order valence-corrected chi connectivity index (χ2v) is 4.17. The summed E-state index contributed by atoms with van der Waals surface area (Å²) in [5, 5.41) is 14.1. The van der Waals surface area contributed by atoms with Crippen molar-refractivity contribution in [3.8, 4) is 0 Å². The molecular formula is C12H15N5O3. The molecule has 8 nitrogen and oxygen atoms in total. The highest BCUT2D eigenvalue weighted by Crippen LogP contribution is 2.31. The van der Waals surface area contributed by atoms with Crippen LogP contribution in [0.15, 0.2) is 29.3 Å². The molecule has 0 fully saturated rings. The Morgan fingerprint density at radius 2 is 2.30 bits per heavy atom. The Morgan fingerprint density at radius 1 is 1.50 bits per heavy atom. The normalized spacial score (nSPS) is 10.3. The summed E-state index contributed by atoms with van der Waals surface area (Å²) in [5.74, 6) is 0.490. The standard InChI is InChI=1S/C12H15N5O3/c1-3-13-11-10(17(18)19)12(15-8-14-11)16(2)6-9-4-5-20-7-9/h4-5,7-8H,3,6H2,1-2H3,(H,13,14,15). The van der Waals surface area contributed by atoms with Crippen LogP contribution in [0.5, 0.6) is 0 Å². The van der Waals surface area contributed by atoms with Crippen molar-refractivity contribution in [1.82, 2.24) is 9.97 Å². The number of nitro groups is 1. The Labute approximate surface area is 115 Å². The molecule has 0 aliphatic heterocycles. The summed E-state index contributed by atoms with van der Waals surface area (Å²) in [5.41, 5.74) is 0.783. The monoisotopic (exact) mass is 277 g/mol. The van der Waals surface area contributed by atoms with E-state index in [0.29, 0.717) is 13.1 Å². The first-order valence-corrected chi connectivity index (χ1v) is 6.09. The summed E-state index contributed by atoms with van der Waals surface area (Å²) in [6.07, 6.45) is 4.46. The van der Waals surface area contributed by atoms with Gasteiger partial charge in [-0.2, -0.15) is 0 Å². The second kappa shape index (κ2) is 6.00. The molecule has 0 aromatic carbocycles. The van der Waals surface area contributed by atoms with Crippen LogP contribution < -0.4 is 10.2 Å². The molecule has 2 heterocycles. The molecule has 1 N–H and O–H groups in total. The average Bonchev–Trinajstić information content (AvgIpc) is 2.91. The molecule has 0 saturated carbocycles. The van der Waals surface area contributed by atoms with Gasteiger partial charge in [-0.25, -0.2) is 9.97 Å². The molecule has 0 amide bonds. The van der Waals surface area contributed by atoms with Crippen LogP contribution in [-0.2, 0) is 6.54 Å². The van der Waals surface area contributed by atoms with Gasteiger partial charge in [-0.1, -0.05) is 0 Å². The van der Waals surface area contributed by atoms with Crippen LogP contribution in [0.1, 0.15) is 12.5 Å². The molecule has 0 bridgehead atoms. The third-order valence-electron chi connectivity index (χ3n) is 2.69. The molecule has 106 valence electrons. The molecule has 0 aliphatic rings. The zero-order valence-corrected chi connectivity index (χ0v) is 11.2. The van der Waals surface area contributed by atoms with Crippen LogP contribution in [-0.4, -0.2) is 28.5 Å². The Morgan fingerprint density at radius 3 is 2.90 bits per heavy atom. The maximum atomic E-state index is 11.3. The van der Waals surface area contributed by atoms with Gasteiger partial charge >= 0.3 is 5.69 Å². The first-order valence-electron chi connectivity index (χ1n) is 6.09. The SMILES string of the molecule is CCNc1ncnc(N(C)Cc2ccoc2)c1[N+](=O)[O-]. The van der Waals surface area contributed by atoms with E-state index in [1.165, 1.54) is 6.33 Å². The van der Waals surface area contributed by atoms with Crippen molar-refractivity contribution in [2.75, 3.05) is 23.8 Å². The second-order valence-electron chi connectivity index (χ2n) is 4.17. The van der Waals surface area contributed by atoms with Crippen LogP contribution in [0.2, 0.25) is 0 Å². The van der Waals surface area contributed by atoms with Crippen LogP contribution in [0.4, 0.5) is 17.3 Å². The van der Waals surface area contributed by atoms with E-state index in [1.54, 1.807) is 30.5 Å². The van der Waals surface area contributed by atoms with E-state index in [9.17, 15) is 10.1 Å². The topological polar surface area (TPSA) is 97.3 Å². The number of hydrogen-bond acceptors (Lipinski definition) is 7. The van der Waals surface area contributed by atoms with Gasteiger partial charge in [0.05, 0.1) is 17.4 Å². The molecule has 0 unspecified atom stereocenters. The fraction of sp³-hybridized carbons (Fsp3) is 0.333. The molecule has 2 rings (SSSR count). The van der Waals surface area contributed by atoms with Crippen LogP contribution in [0.25, 0.3) is 0 Å². The van der Waals surface area contributed by atoms with E-state index in [4.69, 9.17) is 4.42 Å².